The van der Waals surface area contributed by atoms with E-state index in [4.69, 9.17) is 0 Å². The number of aliphatic hydroxyl groups excluding tert-OH is 1. The van der Waals surface area contributed by atoms with Crippen LogP contribution in [0.2, 0.25) is 0 Å². The van der Waals surface area contributed by atoms with Crippen LogP contribution in [0.3, 0.4) is 0 Å². The Bertz CT molecular complexity index is 484. The molecule has 0 saturated heterocycles. The Morgan fingerprint density at radius 1 is 1.05 bits per heavy atom. The van der Waals surface area contributed by atoms with Crippen LogP contribution in [0.1, 0.15) is 37.7 Å². The molecule has 3 N–H and O–H groups in total. The predicted octanol–water partition coefficient (Wildman–Crippen LogP) is 1.36. The first kappa shape index (κ1) is 16.5. The first-order chi connectivity index (χ1) is 10.7. The summed E-state index contributed by atoms with van der Waals surface area (Å²) in [5.41, 5.74) is 0.936. The standard InChI is InChI=1S/C17H24N2O3/c20-15(14-9-5-2-6-10-14)12-19-17(22)16(21)18-11-13-7-3-1-4-8-13/h1,3-4,7-8,14-15,20H,2,5-6,9-12H2,(H,18,21)(H,19,22). The average molecular weight is 304 g/mol. The number of hydrogen-bond acceptors (Lipinski definition) is 3. The number of carbonyl (C=O) groups is 2. The highest BCUT2D eigenvalue weighted by Gasteiger charge is 2.23. The van der Waals surface area contributed by atoms with E-state index in [2.05, 4.69) is 10.6 Å². The molecule has 2 rings (SSSR count). The number of hydrogen-bond donors (Lipinski definition) is 3. The molecular formula is C17H24N2O3. The molecule has 1 saturated carbocycles. The number of aliphatic hydroxyl groups is 1. The highest BCUT2D eigenvalue weighted by atomic mass is 16.3. The maximum atomic E-state index is 11.7. The zero-order valence-electron chi connectivity index (χ0n) is 12.8. The van der Waals surface area contributed by atoms with E-state index in [1.807, 2.05) is 30.3 Å². The minimum absolute atomic E-state index is 0.141. The molecule has 1 unspecified atom stereocenters. The van der Waals surface area contributed by atoms with Crippen LogP contribution in [0.4, 0.5) is 0 Å². The first-order valence-electron chi connectivity index (χ1n) is 7.95. The Morgan fingerprint density at radius 2 is 1.68 bits per heavy atom. The maximum Gasteiger partial charge on any atom is 0.309 e. The van der Waals surface area contributed by atoms with Crippen LogP contribution in [-0.4, -0.2) is 29.6 Å². The molecule has 0 aliphatic heterocycles. The number of rotatable bonds is 5. The molecule has 0 heterocycles. The van der Waals surface area contributed by atoms with E-state index in [0.29, 0.717) is 6.54 Å². The van der Waals surface area contributed by atoms with Crippen molar-refractivity contribution in [2.75, 3.05) is 6.54 Å². The minimum atomic E-state index is -0.689. The molecule has 0 bridgehead atoms. The van der Waals surface area contributed by atoms with E-state index in [1.54, 1.807) is 0 Å². The molecule has 5 heteroatoms. The van der Waals surface area contributed by atoms with Gasteiger partial charge in [0.1, 0.15) is 0 Å². The van der Waals surface area contributed by atoms with E-state index in [0.717, 1.165) is 31.2 Å². The second-order valence-electron chi connectivity index (χ2n) is 5.84. The summed E-state index contributed by atoms with van der Waals surface area (Å²) in [5, 5.41) is 15.2. The Labute approximate surface area is 131 Å². The Balaban J connectivity index is 1.68. The summed E-state index contributed by atoms with van der Waals surface area (Å²) in [4.78, 5) is 23.4. The molecular weight excluding hydrogens is 280 g/mol. The van der Waals surface area contributed by atoms with Crippen molar-refractivity contribution in [3.8, 4) is 0 Å². The van der Waals surface area contributed by atoms with E-state index < -0.39 is 17.9 Å². The zero-order chi connectivity index (χ0) is 15.8. The zero-order valence-corrected chi connectivity index (χ0v) is 12.8. The SMILES string of the molecule is O=C(NCc1ccccc1)C(=O)NCC(O)C1CCCCC1. The van der Waals surface area contributed by atoms with Crippen molar-refractivity contribution in [3.05, 3.63) is 35.9 Å². The molecule has 1 aliphatic carbocycles. The molecule has 0 radical (unpaired) electrons. The van der Waals surface area contributed by atoms with Crippen molar-refractivity contribution >= 4 is 11.8 Å². The van der Waals surface area contributed by atoms with Gasteiger partial charge < -0.3 is 15.7 Å². The van der Waals surface area contributed by atoms with Crippen LogP contribution in [0.25, 0.3) is 0 Å². The molecule has 1 fully saturated rings. The lowest BCUT2D eigenvalue weighted by molar-refractivity contribution is -0.139. The number of carbonyl (C=O) groups excluding carboxylic acids is 2. The highest BCUT2D eigenvalue weighted by molar-refractivity contribution is 6.35. The van der Waals surface area contributed by atoms with Gasteiger partial charge in [0.2, 0.25) is 0 Å². The molecule has 5 nitrogen and oxygen atoms in total. The number of nitrogens with one attached hydrogen (secondary N) is 2. The predicted molar refractivity (Wildman–Crippen MR) is 83.9 cm³/mol. The van der Waals surface area contributed by atoms with Crippen LogP contribution < -0.4 is 10.6 Å². The van der Waals surface area contributed by atoms with Gasteiger partial charge in [-0.15, -0.1) is 0 Å². The average Bonchev–Trinajstić information content (AvgIpc) is 2.58. The van der Waals surface area contributed by atoms with E-state index in [-0.39, 0.29) is 12.5 Å². The van der Waals surface area contributed by atoms with Crippen LogP contribution in [0, 0.1) is 5.92 Å². The minimum Gasteiger partial charge on any atom is -0.391 e. The van der Waals surface area contributed by atoms with Crippen molar-refractivity contribution in [1.82, 2.24) is 10.6 Å². The maximum absolute atomic E-state index is 11.7. The third-order valence-electron chi connectivity index (χ3n) is 4.17. The van der Waals surface area contributed by atoms with Gasteiger partial charge in [-0.1, -0.05) is 49.6 Å². The van der Waals surface area contributed by atoms with E-state index in [9.17, 15) is 14.7 Å². The summed E-state index contributed by atoms with van der Waals surface area (Å²) < 4.78 is 0. The fourth-order valence-electron chi connectivity index (χ4n) is 2.82. The van der Waals surface area contributed by atoms with Gasteiger partial charge in [0.25, 0.3) is 0 Å². The van der Waals surface area contributed by atoms with E-state index >= 15 is 0 Å². The number of amides is 2. The van der Waals surface area contributed by atoms with Crippen LogP contribution in [-0.2, 0) is 16.1 Å². The second kappa shape index (κ2) is 8.54. The topological polar surface area (TPSA) is 78.4 Å². The Morgan fingerprint density at radius 3 is 2.36 bits per heavy atom. The van der Waals surface area contributed by atoms with Crippen molar-refractivity contribution in [1.29, 1.82) is 0 Å². The molecule has 1 aromatic rings. The molecule has 1 aromatic carbocycles. The van der Waals surface area contributed by atoms with Crippen LogP contribution in [0.5, 0.6) is 0 Å². The summed E-state index contributed by atoms with van der Waals surface area (Å²) >= 11 is 0. The molecule has 0 aromatic heterocycles. The summed E-state index contributed by atoms with van der Waals surface area (Å²) in [6.45, 7) is 0.459. The largest absolute Gasteiger partial charge is 0.391 e. The van der Waals surface area contributed by atoms with Crippen molar-refractivity contribution in [2.45, 2.75) is 44.8 Å². The smallest absolute Gasteiger partial charge is 0.309 e. The lowest BCUT2D eigenvalue weighted by atomic mass is 9.85. The molecule has 120 valence electrons. The monoisotopic (exact) mass is 304 g/mol. The lowest BCUT2D eigenvalue weighted by Crippen LogP contribution is -2.44. The normalized spacial score (nSPS) is 16.8. The third-order valence-corrected chi connectivity index (χ3v) is 4.17. The Kier molecular flexibility index (Phi) is 6.40. The van der Waals surface area contributed by atoms with Crippen molar-refractivity contribution < 1.29 is 14.7 Å². The van der Waals surface area contributed by atoms with Gasteiger partial charge in [-0.3, -0.25) is 9.59 Å². The van der Waals surface area contributed by atoms with Crippen molar-refractivity contribution in [3.63, 3.8) is 0 Å². The van der Waals surface area contributed by atoms with Gasteiger partial charge in [-0.2, -0.15) is 0 Å². The van der Waals surface area contributed by atoms with E-state index in [1.165, 1.54) is 6.42 Å². The summed E-state index contributed by atoms with van der Waals surface area (Å²) in [7, 11) is 0. The molecule has 1 atom stereocenters. The van der Waals surface area contributed by atoms with Gasteiger partial charge in [0.15, 0.2) is 0 Å². The summed E-state index contributed by atoms with van der Waals surface area (Å²) in [6.07, 6.45) is 4.91. The molecule has 0 spiro atoms. The van der Waals surface area contributed by atoms with Gasteiger partial charge in [0, 0.05) is 13.1 Å². The lowest BCUT2D eigenvalue weighted by Gasteiger charge is -2.26. The van der Waals surface area contributed by atoms with Crippen molar-refractivity contribution in [2.24, 2.45) is 5.92 Å². The van der Waals surface area contributed by atoms with Gasteiger partial charge >= 0.3 is 11.8 Å². The molecule has 2 amide bonds. The van der Waals surface area contributed by atoms with Gasteiger partial charge in [-0.05, 0) is 24.3 Å². The summed E-state index contributed by atoms with van der Waals surface area (Å²) in [5.74, 6) is -1.12. The fraction of sp³-hybridized carbons (Fsp3) is 0.529. The Hall–Kier alpha value is -1.88. The second-order valence-corrected chi connectivity index (χ2v) is 5.84. The van der Waals surface area contributed by atoms with Gasteiger partial charge in [-0.25, -0.2) is 0 Å². The van der Waals surface area contributed by atoms with Crippen LogP contribution in [0.15, 0.2) is 30.3 Å². The summed E-state index contributed by atoms with van der Waals surface area (Å²) in [6, 6.07) is 9.41. The quantitative estimate of drug-likeness (QED) is 0.719. The highest BCUT2D eigenvalue weighted by Crippen LogP contribution is 2.26. The molecule has 1 aliphatic rings. The first-order valence-corrected chi connectivity index (χ1v) is 7.95. The van der Waals surface area contributed by atoms with Gasteiger partial charge in [0.05, 0.1) is 6.10 Å². The molecule has 22 heavy (non-hydrogen) atoms. The number of benzene rings is 1. The third kappa shape index (κ3) is 5.15. The van der Waals surface area contributed by atoms with Crippen LogP contribution >= 0.6 is 0 Å². The fourth-order valence-corrected chi connectivity index (χ4v) is 2.82.